The van der Waals surface area contributed by atoms with E-state index in [0.717, 1.165) is 25.3 Å². The molecule has 0 aromatic rings. The predicted molar refractivity (Wildman–Crippen MR) is 92.1 cm³/mol. The second kappa shape index (κ2) is 12.3. The number of carbonyl (C=O) groups excluding carboxylic acids is 1. The molecule has 1 N–H and O–H groups in total. The molecule has 0 aromatic carbocycles. The van der Waals surface area contributed by atoms with Crippen molar-refractivity contribution in [3.8, 4) is 0 Å². The van der Waals surface area contributed by atoms with Crippen LogP contribution in [0, 0.1) is 0 Å². The number of hydrogen-bond acceptors (Lipinski definition) is 2. The van der Waals surface area contributed by atoms with Crippen LogP contribution in [0.25, 0.3) is 0 Å². The molecular weight excluding hydrogens is 355 g/mol. The lowest BCUT2D eigenvalue weighted by molar-refractivity contribution is -0.127. The van der Waals surface area contributed by atoms with E-state index in [-0.39, 0.29) is 36.4 Å². The topological polar surface area (TPSA) is 47.9 Å². The van der Waals surface area contributed by atoms with Gasteiger partial charge in [-0.2, -0.15) is 0 Å². The van der Waals surface area contributed by atoms with E-state index in [0.29, 0.717) is 6.54 Å². The highest BCUT2D eigenvalue weighted by Crippen LogP contribution is 1.93. The average Bonchev–Trinajstić information content (AvgIpc) is 2.35. The number of amides is 1. The Morgan fingerprint density at radius 2 is 2.00 bits per heavy atom. The van der Waals surface area contributed by atoms with Crippen LogP contribution in [-0.4, -0.2) is 62.4 Å². The maximum atomic E-state index is 11.5. The average molecular weight is 382 g/mol. The monoisotopic (exact) mass is 382 g/mol. The Kier molecular flexibility index (Phi) is 13.2. The van der Waals surface area contributed by atoms with Crippen LogP contribution in [-0.2, 0) is 4.79 Å². The molecule has 0 saturated carbocycles. The summed E-state index contributed by atoms with van der Waals surface area (Å²) in [5.41, 5.74) is 0. The number of hydrogen-bond donors (Lipinski definition) is 1. The van der Waals surface area contributed by atoms with Gasteiger partial charge in [-0.3, -0.25) is 4.79 Å². The summed E-state index contributed by atoms with van der Waals surface area (Å²) >= 11 is 0. The highest BCUT2D eigenvalue weighted by atomic mass is 127. The zero-order chi connectivity index (χ0) is 14.0. The maximum Gasteiger partial charge on any atom is 0.243 e. The van der Waals surface area contributed by atoms with Gasteiger partial charge in [0.2, 0.25) is 5.91 Å². The molecule has 0 rings (SSSR count). The predicted octanol–water partition coefficient (Wildman–Crippen LogP) is 1.56. The molecule has 0 atom stereocenters. The summed E-state index contributed by atoms with van der Waals surface area (Å²) < 4.78 is 0. The van der Waals surface area contributed by atoms with Crippen molar-refractivity contribution in [1.29, 1.82) is 0 Å². The second-order valence-electron chi connectivity index (χ2n) is 4.37. The molecule has 5 nitrogen and oxygen atoms in total. The van der Waals surface area contributed by atoms with E-state index in [4.69, 9.17) is 0 Å². The number of halogens is 1. The van der Waals surface area contributed by atoms with Crippen LogP contribution in [0.3, 0.4) is 0 Å². The second-order valence-corrected chi connectivity index (χ2v) is 4.37. The number of carbonyl (C=O) groups is 1. The molecule has 0 saturated heterocycles. The van der Waals surface area contributed by atoms with E-state index in [1.165, 1.54) is 0 Å². The van der Waals surface area contributed by atoms with Gasteiger partial charge in [0, 0.05) is 34.2 Å². The first-order chi connectivity index (χ1) is 8.52. The fraction of sp³-hybridized carbons (Fsp3) is 0.692. The largest absolute Gasteiger partial charge is 0.353 e. The van der Waals surface area contributed by atoms with Crippen molar-refractivity contribution in [3.05, 3.63) is 12.7 Å². The van der Waals surface area contributed by atoms with Crippen LogP contribution in [0.5, 0.6) is 0 Å². The third-order valence-electron chi connectivity index (χ3n) is 2.48. The SMILES string of the molecule is C=CCNC(=NCC(=O)N(C)C)N(C)CCCC.I. The number of aliphatic imine (C=N–C) groups is 1. The summed E-state index contributed by atoms with van der Waals surface area (Å²) in [5.74, 6) is 0.746. The molecule has 0 aliphatic heterocycles. The van der Waals surface area contributed by atoms with Crippen LogP contribution in [0.4, 0.5) is 0 Å². The van der Waals surface area contributed by atoms with E-state index in [1.807, 2.05) is 11.9 Å². The summed E-state index contributed by atoms with van der Waals surface area (Å²) in [6, 6.07) is 0. The number of guanidine groups is 1. The van der Waals surface area contributed by atoms with Crippen LogP contribution >= 0.6 is 24.0 Å². The number of rotatable bonds is 7. The van der Waals surface area contributed by atoms with Gasteiger partial charge in [-0.1, -0.05) is 19.4 Å². The first kappa shape index (κ1) is 20.5. The minimum atomic E-state index is -0.00297. The molecule has 112 valence electrons. The van der Waals surface area contributed by atoms with Crippen molar-refractivity contribution in [3.63, 3.8) is 0 Å². The molecule has 0 aliphatic rings. The smallest absolute Gasteiger partial charge is 0.243 e. The van der Waals surface area contributed by atoms with E-state index >= 15 is 0 Å². The van der Waals surface area contributed by atoms with Crippen LogP contribution < -0.4 is 5.32 Å². The minimum Gasteiger partial charge on any atom is -0.353 e. The Labute approximate surface area is 134 Å². The molecule has 0 unspecified atom stereocenters. The maximum absolute atomic E-state index is 11.5. The van der Waals surface area contributed by atoms with Gasteiger partial charge in [0.15, 0.2) is 5.96 Å². The fourth-order valence-corrected chi connectivity index (χ4v) is 1.26. The van der Waals surface area contributed by atoms with E-state index in [9.17, 15) is 4.79 Å². The summed E-state index contributed by atoms with van der Waals surface area (Å²) in [5, 5.41) is 3.16. The van der Waals surface area contributed by atoms with Gasteiger partial charge in [-0.25, -0.2) is 4.99 Å². The van der Waals surface area contributed by atoms with E-state index in [2.05, 4.69) is 23.8 Å². The highest BCUT2D eigenvalue weighted by molar-refractivity contribution is 14.0. The third kappa shape index (κ3) is 9.75. The van der Waals surface area contributed by atoms with Gasteiger partial charge in [0.25, 0.3) is 0 Å². The number of likely N-dealkylation sites (N-methyl/N-ethyl adjacent to an activating group) is 1. The van der Waals surface area contributed by atoms with Crippen LogP contribution in [0.15, 0.2) is 17.6 Å². The molecule has 0 radical (unpaired) electrons. The molecular formula is C13H27IN4O. The quantitative estimate of drug-likeness (QED) is 0.315. The Bertz CT molecular complexity index is 292. The lowest BCUT2D eigenvalue weighted by Crippen LogP contribution is -2.40. The molecule has 0 aliphatic carbocycles. The van der Waals surface area contributed by atoms with E-state index in [1.54, 1.807) is 25.1 Å². The van der Waals surface area contributed by atoms with Crippen LogP contribution in [0.2, 0.25) is 0 Å². The summed E-state index contributed by atoms with van der Waals surface area (Å²) in [4.78, 5) is 19.4. The van der Waals surface area contributed by atoms with Gasteiger partial charge in [0.1, 0.15) is 6.54 Å². The Morgan fingerprint density at radius 3 is 2.47 bits per heavy atom. The summed E-state index contributed by atoms with van der Waals surface area (Å²) in [6.07, 6.45) is 4.01. The minimum absolute atomic E-state index is 0. The first-order valence-corrected chi connectivity index (χ1v) is 6.33. The molecule has 0 aromatic heterocycles. The summed E-state index contributed by atoms with van der Waals surface area (Å²) in [7, 11) is 5.44. The molecule has 0 heterocycles. The van der Waals surface area contributed by atoms with Gasteiger partial charge in [-0.15, -0.1) is 30.6 Å². The first-order valence-electron chi connectivity index (χ1n) is 6.33. The van der Waals surface area contributed by atoms with Crippen LogP contribution in [0.1, 0.15) is 19.8 Å². The van der Waals surface area contributed by atoms with Gasteiger partial charge in [0.05, 0.1) is 0 Å². The van der Waals surface area contributed by atoms with Crippen molar-refractivity contribution < 1.29 is 4.79 Å². The molecule has 0 spiro atoms. The number of unbranched alkanes of at least 4 members (excludes halogenated alkanes) is 1. The lowest BCUT2D eigenvalue weighted by Gasteiger charge is -2.22. The van der Waals surface area contributed by atoms with E-state index < -0.39 is 0 Å². The van der Waals surface area contributed by atoms with Crippen molar-refractivity contribution >= 4 is 35.8 Å². The normalized spacial score (nSPS) is 10.4. The van der Waals surface area contributed by atoms with Crippen molar-refractivity contribution in [1.82, 2.24) is 15.1 Å². The van der Waals surface area contributed by atoms with Gasteiger partial charge >= 0.3 is 0 Å². The Balaban J connectivity index is 0. The number of nitrogens with zero attached hydrogens (tertiary/aromatic N) is 3. The standard InChI is InChI=1S/C13H26N4O.HI/c1-6-8-10-17(5)13(14-9-7-2)15-11-12(18)16(3)4;/h7H,2,6,8-11H2,1,3-5H3,(H,14,15);1H. The fourth-order valence-electron chi connectivity index (χ4n) is 1.26. The number of nitrogens with one attached hydrogen (secondary N) is 1. The molecule has 1 amide bonds. The molecule has 19 heavy (non-hydrogen) atoms. The molecule has 0 bridgehead atoms. The molecule has 6 heteroatoms. The highest BCUT2D eigenvalue weighted by Gasteiger charge is 2.07. The van der Waals surface area contributed by atoms with Crippen molar-refractivity contribution in [2.75, 3.05) is 40.8 Å². The van der Waals surface area contributed by atoms with Crippen molar-refractivity contribution in [2.45, 2.75) is 19.8 Å². The molecule has 0 fully saturated rings. The Morgan fingerprint density at radius 1 is 1.37 bits per heavy atom. The zero-order valence-electron chi connectivity index (χ0n) is 12.5. The summed E-state index contributed by atoms with van der Waals surface area (Å²) in [6.45, 7) is 7.56. The zero-order valence-corrected chi connectivity index (χ0v) is 14.8. The third-order valence-corrected chi connectivity index (χ3v) is 2.48. The van der Waals surface area contributed by atoms with Gasteiger partial charge < -0.3 is 15.1 Å². The lowest BCUT2D eigenvalue weighted by atomic mass is 10.3. The van der Waals surface area contributed by atoms with Crippen molar-refractivity contribution in [2.24, 2.45) is 4.99 Å². The van der Waals surface area contributed by atoms with Gasteiger partial charge in [-0.05, 0) is 6.42 Å². The Hall–Kier alpha value is -0.790.